The number of benzene rings is 1. The summed E-state index contributed by atoms with van der Waals surface area (Å²) in [5.74, 6) is -0.0493. The van der Waals surface area contributed by atoms with E-state index in [1.807, 2.05) is 53.8 Å². The first-order valence-corrected chi connectivity index (χ1v) is 8.92. The molecule has 1 aliphatic rings. The molecule has 0 saturated heterocycles. The zero-order chi connectivity index (χ0) is 18.4. The first-order valence-electron chi connectivity index (χ1n) is 8.54. The molecule has 0 fully saturated rings. The van der Waals surface area contributed by atoms with Crippen LogP contribution < -0.4 is 4.90 Å². The molecule has 6 heteroatoms. The normalized spacial score (nSPS) is 16.7. The first kappa shape index (κ1) is 16.8. The maximum atomic E-state index is 13.3. The van der Waals surface area contributed by atoms with Crippen LogP contribution >= 0.6 is 11.6 Å². The van der Waals surface area contributed by atoms with Crippen molar-refractivity contribution in [2.75, 3.05) is 11.4 Å². The Bertz CT molecular complexity index is 1010. The van der Waals surface area contributed by atoms with Gasteiger partial charge in [0.2, 0.25) is 0 Å². The third-order valence-corrected chi connectivity index (χ3v) is 5.19. The van der Waals surface area contributed by atoms with Gasteiger partial charge >= 0.3 is 0 Å². The molecule has 26 heavy (non-hydrogen) atoms. The summed E-state index contributed by atoms with van der Waals surface area (Å²) in [7, 11) is 0. The Labute approximate surface area is 157 Å². The van der Waals surface area contributed by atoms with Crippen molar-refractivity contribution in [3.8, 4) is 11.1 Å². The van der Waals surface area contributed by atoms with E-state index in [4.69, 9.17) is 11.6 Å². The fourth-order valence-corrected chi connectivity index (χ4v) is 3.52. The Kier molecular flexibility index (Phi) is 4.04. The van der Waals surface area contributed by atoms with Crippen molar-refractivity contribution in [3.05, 3.63) is 64.7 Å². The zero-order valence-corrected chi connectivity index (χ0v) is 15.7. The van der Waals surface area contributed by atoms with Gasteiger partial charge in [-0.3, -0.25) is 14.5 Å². The Morgan fingerprint density at radius 3 is 2.73 bits per heavy atom. The van der Waals surface area contributed by atoms with Crippen molar-refractivity contribution in [2.45, 2.75) is 26.8 Å². The van der Waals surface area contributed by atoms with Crippen LogP contribution in [0.5, 0.6) is 0 Å². The highest BCUT2D eigenvalue weighted by Gasteiger charge is 2.33. The fourth-order valence-electron chi connectivity index (χ4n) is 3.41. The van der Waals surface area contributed by atoms with Crippen LogP contribution in [0.3, 0.4) is 0 Å². The zero-order valence-electron chi connectivity index (χ0n) is 14.9. The topological polar surface area (TPSA) is 51.0 Å². The number of carbonyl (C=O) groups excluding carboxylic acids is 1. The molecule has 4 rings (SSSR count). The number of fused-ring (bicyclic) bond motifs is 1. The van der Waals surface area contributed by atoms with Crippen LogP contribution in [0.4, 0.5) is 5.69 Å². The lowest BCUT2D eigenvalue weighted by atomic mass is 10.0. The lowest BCUT2D eigenvalue weighted by molar-refractivity contribution is 0.0954. The fraction of sp³-hybridized carbons (Fsp3) is 0.250. The van der Waals surface area contributed by atoms with E-state index in [2.05, 4.69) is 17.0 Å². The van der Waals surface area contributed by atoms with E-state index >= 15 is 0 Å². The number of aromatic nitrogens is 3. The molecule has 0 radical (unpaired) electrons. The second kappa shape index (κ2) is 6.25. The van der Waals surface area contributed by atoms with Crippen molar-refractivity contribution in [2.24, 2.45) is 0 Å². The predicted molar refractivity (Wildman–Crippen MR) is 103 cm³/mol. The number of hydrogen-bond donors (Lipinski definition) is 0. The van der Waals surface area contributed by atoms with Crippen LogP contribution in [0.2, 0.25) is 5.02 Å². The number of carbonyl (C=O) groups is 1. The van der Waals surface area contributed by atoms with Gasteiger partial charge < -0.3 is 4.90 Å². The number of amides is 1. The smallest absolute Gasteiger partial charge is 0.277 e. The van der Waals surface area contributed by atoms with Gasteiger partial charge in [0, 0.05) is 34.7 Å². The summed E-state index contributed by atoms with van der Waals surface area (Å²) < 4.78 is 1.83. The molecular formula is C20H19ClN4O. The number of pyridine rings is 1. The van der Waals surface area contributed by atoms with Gasteiger partial charge in [0.1, 0.15) is 5.69 Å². The van der Waals surface area contributed by atoms with Crippen LogP contribution in [-0.2, 0) is 0 Å². The Hall–Kier alpha value is -2.66. The summed E-state index contributed by atoms with van der Waals surface area (Å²) in [6, 6.07) is 9.64. The van der Waals surface area contributed by atoms with Crippen LogP contribution in [0.1, 0.15) is 34.7 Å². The van der Waals surface area contributed by atoms with Gasteiger partial charge in [-0.15, -0.1) is 0 Å². The van der Waals surface area contributed by atoms with Gasteiger partial charge in [-0.2, -0.15) is 5.10 Å². The molecule has 2 aromatic heterocycles. The summed E-state index contributed by atoms with van der Waals surface area (Å²) in [6.07, 6.45) is 3.53. The Morgan fingerprint density at radius 2 is 2.00 bits per heavy atom. The van der Waals surface area contributed by atoms with Gasteiger partial charge in [0.05, 0.1) is 12.2 Å². The van der Waals surface area contributed by atoms with Crippen molar-refractivity contribution < 1.29 is 4.79 Å². The highest BCUT2D eigenvalue weighted by atomic mass is 35.5. The maximum absolute atomic E-state index is 13.3. The minimum atomic E-state index is -0.0493. The van der Waals surface area contributed by atoms with Crippen molar-refractivity contribution >= 4 is 23.2 Å². The Morgan fingerprint density at radius 1 is 1.19 bits per heavy atom. The summed E-state index contributed by atoms with van der Waals surface area (Å²) in [4.78, 5) is 19.4. The van der Waals surface area contributed by atoms with Gasteiger partial charge in [-0.1, -0.05) is 11.6 Å². The molecule has 5 nitrogen and oxygen atoms in total. The van der Waals surface area contributed by atoms with E-state index in [0.29, 0.717) is 17.3 Å². The molecule has 1 amide bonds. The second-order valence-corrected chi connectivity index (χ2v) is 7.14. The summed E-state index contributed by atoms with van der Waals surface area (Å²) >= 11 is 6.14. The van der Waals surface area contributed by atoms with Gasteiger partial charge in [-0.25, -0.2) is 0 Å². The largest absolute Gasteiger partial charge is 0.305 e. The average Bonchev–Trinajstić information content (AvgIpc) is 3.06. The number of nitrogens with zero attached hydrogens (tertiary/aromatic N) is 4. The van der Waals surface area contributed by atoms with Crippen molar-refractivity contribution in [3.63, 3.8) is 0 Å². The van der Waals surface area contributed by atoms with E-state index < -0.39 is 0 Å². The molecule has 1 aliphatic heterocycles. The minimum Gasteiger partial charge on any atom is -0.305 e. The van der Waals surface area contributed by atoms with Crippen LogP contribution in [-0.4, -0.2) is 27.2 Å². The summed E-state index contributed by atoms with van der Waals surface area (Å²) in [6.45, 7) is 6.52. The van der Waals surface area contributed by atoms with E-state index in [0.717, 1.165) is 28.1 Å². The molecule has 0 aliphatic carbocycles. The number of rotatable bonds is 2. The van der Waals surface area contributed by atoms with Crippen molar-refractivity contribution in [1.29, 1.82) is 0 Å². The number of halogens is 1. The van der Waals surface area contributed by atoms with E-state index in [1.54, 1.807) is 12.4 Å². The van der Waals surface area contributed by atoms with Crippen LogP contribution in [0.25, 0.3) is 11.1 Å². The molecule has 1 unspecified atom stereocenters. The molecule has 0 N–H and O–H groups in total. The monoisotopic (exact) mass is 366 g/mol. The molecule has 0 spiro atoms. The molecule has 0 bridgehead atoms. The average molecular weight is 367 g/mol. The molecule has 1 aromatic carbocycles. The van der Waals surface area contributed by atoms with E-state index in [9.17, 15) is 4.79 Å². The predicted octanol–water partition coefficient (Wildman–Crippen LogP) is 4.44. The molecule has 1 atom stereocenters. The third kappa shape index (κ3) is 2.69. The number of aryl methyl sites for hydroxylation is 2. The van der Waals surface area contributed by atoms with Gasteiger partial charge in [0.15, 0.2) is 0 Å². The lowest BCUT2D eigenvalue weighted by Crippen LogP contribution is -2.42. The maximum Gasteiger partial charge on any atom is 0.277 e. The Balaban J connectivity index is 1.82. The SMILES string of the molecule is Cc1cc(-c2cnn3c2C(=O)N(c2ccc(Cl)c(C)c2)CC3C)ccn1. The highest BCUT2D eigenvalue weighted by Crippen LogP contribution is 2.33. The van der Waals surface area contributed by atoms with Crippen LogP contribution in [0, 0.1) is 13.8 Å². The molecule has 0 saturated carbocycles. The van der Waals surface area contributed by atoms with E-state index in [1.165, 1.54) is 0 Å². The molecular weight excluding hydrogens is 348 g/mol. The van der Waals surface area contributed by atoms with Gasteiger partial charge in [0.25, 0.3) is 5.91 Å². The van der Waals surface area contributed by atoms with Crippen molar-refractivity contribution in [1.82, 2.24) is 14.8 Å². The number of hydrogen-bond acceptors (Lipinski definition) is 3. The second-order valence-electron chi connectivity index (χ2n) is 6.74. The van der Waals surface area contributed by atoms with Crippen LogP contribution in [0.15, 0.2) is 42.7 Å². The highest BCUT2D eigenvalue weighted by molar-refractivity contribution is 6.31. The quantitative estimate of drug-likeness (QED) is 0.673. The molecule has 132 valence electrons. The third-order valence-electron chi connectivity index (χ3n) is 4.77. The molecule has 3 aromatic rings. The summed E-state index contributed by atoms with van der Waals surface area (Å²) in [5, 5.41) is 5.18. The standard InChI is InChI=1S/C20H19ClN4O/c1-12-8-16(4-5-18(12)21)24-11-14(3)25-19(20(24)26)17(10-23-25)15-6-7-22-13(2)9-15/h4-10,14H,11H2,1-3H3. The van der Waals surface area contributed by atoms with E-state index in [-0.39, 0.29) is 11.9 Å². The number of anilines is 1. The van der Waals surface area contributed by atoms with Gasteiger partial charge in [-0.05, 0) is 62.2 Å². The molecule has 3 heterocycles. The first-order chi connectivity index (χ1) is 12.5. The summed E-state index contributed by atoms with van der Waals surface area (Å²) in [5.41, 5.74) is 5.11. The minimum absolute atomic E-state index is 0.0493. The lowest BCUT2D eigenvalue weighted by Gasteiger charge is -2.32.